The van der Waals surface area contributed by atoms with Crippen LogP contribution in [0.15, 0.2) is 79.1 Å². The van der Waals surface area contributed by atoms with Crippen LogP contribution in [0.4, 0.5) is 5.69 Å². The number of benzene rings is 2. The number of amides is 3. The van der Waals surface area contributed by atoms with Crippen LogP contribution in [0.5, 0.6) is 0 Å². The van der Waals surface area contributed by atoms with Crippen LogP contribution in [0.25, 0.3) is 0 Å². The van der Waals surface area contributed by atoms with Crippen LogP contribution in [0.3, 0.4) is 0 Å². The lowest BCUT2D eigenvalue weighted by molar-refractivity contribution is -0.134. The summed E-state index contributed by atoms with van der Waals surface area (Å²) in [4.78, 5) is 65.9. The van der Waals surface area contributed by atoms with Gasteiger partial charge in [-0.15, -0.1) is 0 Å². The van der Waals surface area contributed by atoms with Gasteiger partial charge >= 0.3 is 11.9 Å². The number of para-hydroxylation sites is 1. The lowest BCUT2D eigenvalue weighted by Gasteiger charge is -2.31. The first kappa shape index (κ1) is 31.4. The van der Waals surface area contributed by atoms with Crippen molar-refractivity contribution < 1.29 is 34.2 Å². The summed E-state index contributed by atoms with van der Waals surface area (Å²) in [5.74, 6) is -3.60. The Morgan fingerprint density at radius 3 is 1.93 bits per heavy atom. The van der Waals surface area contributed by atoms with Gasteiger partial charge in [0.05, 0.1) is 11.1 Å². The molecule has 2 heterocycles. The second-order valence-electron chi connectivity index (χ2n) is 9.76. The number of aromatic nitrogens is 1. The molecule has 0 fully saturated rings. The Hall–Kier alpha value is -5.12. The van der Waals surface area contributed by atoms with Gasteiger partial charge in [0, 0.05) is 36.8 Å². The van der Waals surface area contributed by atoms with Crippen LogP contribution >= 0.6 is 0 Å². The van der Waals surface area contributed by atoms with Crippen molar-refractivity contribution in [1.82, 2.24) is 9.88 Å². The van der Waals surface area contributed by atoms with Crippen LogP contribution in [-0.4, -0.2) is 62.3 Å². The fourth-order valence-electron chi connectivity index (χ4n) is 4.75. The SMILES string of the molecule is Cc1cccc(C)c1N(CCCCc1cccnc1)C(=O)C(C)N1C(=O)c2ccccc2C1=O.O=C(O)/C=C/C(=O)O. The lowest BCUT2D eigenvalue weighted by atomic mass is 10.0. The van der Waals surface area contributed by atoms with E-state index < -0.39 is 29.8 Å². The maximum Gasteiger partial charge on any atom is 0.328 e. The zero-order valence-corrected chi connectivity index (χ0v) is 23.7. The molecule has 0 saturated heterocycles. The quantitative estimate of drug-likeness (QED) is 0.206. The summed E-state index contributed by atoms with van der Waals surface area (Å²) in [7, 11) is 0. The second kappa shape index (κ2) is 14.5. The molecule has 1 aliphatic heterocycles. The number of carboxylic acid groups (broad SMARTS) is 2. The molecule has 0 saturated carbocycles. The Morgan fingerprint density at radius 1 is 0.857 bits per heavy atom. The van der Waals surface area contributed by atoms with Gasteiger partial charge in [-0.25, -0.2) is 9.59 Å². The number of aryl methyl sites for hydroxylation is 3. The van der Waals surface area contributed by atoms with E-state index in [-0.39, 0.29) is 5.91 Å². The summed E-state index contributed by atoms with van der Waals surface area (Å²) in [6, 6.07) is 15.7. The minimum absolute atomic E-state index is 0.256. The normalized spacial score (nSPS) is 12.9. The molecular formula is C32H33N3O7. The third-order valence-corrected chi connectivity index (χ3v) is 6.73. The van der Waals surface area contributed by atoms with Crippen molar-refractivity contribution in [2.75, 3.05) is 11.4 Å². The summed E-state index contributed by atoms with van der Waals surface area (Å²) >= 11 is 0. The van der Waals surface area contributed by atoms with Crippen molar-refractivity contribution in [3.63, 3.8) is 0 Å². The highest BCUT2D eigenvalue weighted by Gasteiger charge is 2.42. The third kappa shape index (κ3) is 7.75. The minimum atomic E-state index is -1.26. The zero-order valence-electron chi connectivity index (χ0n) is 23.7. The number of hydrogen-bond acceptors (Lipinski definition) is 6. The second-order valence-corrected chi connectivity index (χ2v) is 9.76. The molecule has 2 aromatic carbocycles. The van der Waals surface area contributed by atoms with Crippen molar-refractivity contribution in [3.8, 4) is 0 Å². The number of carboxylic acids is 2. The van der Waals surface area contributed by atoms with Crippen molar-refractivity contribution in [2.45, 2.75) is 46.1 Å². The summed E-state index contributed by atoms with van der Waals surface area (Å²) in [6.45, 7) is 6.09. The molecule has 10 nitrogen and oxygen atoms in total. The highest BCUT2D eigenvalue weighted by molar-refractivity contribution is 6.23. The molecule has 1 atom stereocenters. The van der Waals surface area contributed by atoms with E-state index in [0.717, 1.165) is 46.5 Å². The molecule has 42 heavy (non-hydrogen) atoms. The highest BCUT2D eigenvalue weighted by Crippen LogP contribution is 2.29. The summed E-state index contributed by atoms with van der Waals surface area (Å²) < 4.78 is 0. The number of carbonyl (C=O) groups is 5. The van der Waals surface area contributed by atoms with Crippen LogP contribution in [0, 0.1) is 13.8 Å². The molecule has 4 rings (SSSR count). The molecule has 0 radical (unpaired) electrons. The van der Waals surface area contributed by atoms with Crippen molar-refractivity contribution >= 4 is 35.3 Å². The zero-order chi connectivity index (χ0) is 30.8. The first-order valence-electron chi connectivity index (χ1n) is 13.4. The first-order chi connectivity index (χ1) is 20.0. The molecule has 0 bridgehead atoms. The maximum absolute atomic E-state index is 13.8. The Kier molecular flexibility index (Phi) is 10.8. The van der Waals surface area contributed by atoms with Gasteiger partial charge in [-0.1, -0.05) is 36.4 Å². The van der Waals surface area contributed by atoms with E-state index in [2.05, 4.69) is 4.98 Å². The van der Waals surface area contributed by atoms with Gasteiger partial charge in [-0.2, -0.15) is 0 Å². The molecule has 1 aliphatic rings. The summed E-state index contributed by atoms with van der Waals surface area (Å²) in [5.41, 5.74) is 4.67. The summed E-state index contributed by atoms with van der Waals surface area (Å²) in [5, 5.41) is 15.6. The van der Waals surface area contributed by atoms with Gasteiger partial charge in [-0.3, -0.25) is 24.3 Å². The van der Waals surface area contributed by atoms with E-state index in [9.17, 15) is 24.0 Å². The largest absolute Gasteiger partial charge is 0.478 e. The first-order valence-corrected chi connectivity index (χ1v) is 13.4. The van der Waals surface area contributed by atoms with E-state index in [0.29, 0.717) is 29.8 Å². The number of imide groups is 1. The van der Waals surface area contributed by atoms with Gasteiger partial charge in [0.15, 0.2) is 0 Å². The van der Waals surface area contributed by atoms with Gasteiger partial charge < -0.3 is 15.1 Å². The van der Waals surface area contributed by atoms with Crippen LogP contribution in [0.2, 0.25) is 0 Å². The number of nitrogens with zero attached hydrogens (tertiary/aromatic N) is 3. The molecule has 1 unspecified atom stereocenters. The highest BCUT2D eigenvalue weighted by atomic mass is 16.4. The Labute approximate surface area is 243 Å². The smallest absolute Gasteiger partial charge is 0.328 e. The Bertz CT molecular complexity index is 1430. The minimum Gasteiger partial charge on any atom is -0.478 e. The number of rotatable bonds is 10. The number of pyridine rings is 1. The number of fused-ring (bicyclic) bond motifs is 1. The topological polar surface area (TPSA) is 145 Å². The monoisotopic (exact) mass is 571 g/mol. The van der Waals surface area contributed by atoms with E-state index in [1.807, 2.05) is 50.4 Å². The molecule has 2 N–H and O–H groups in total. The van der Waals surface area contributed by atoms with Crippen molar-refractivity contribution in [2.24, 2.45) is 0 Å². The van der Waals surface area contributed by atoms with Gasteiger partial charge in [-0.05, 0) is 74.9 Å². The number of aliphatic carboxylic acids is 2. The average molecular weight is 572 g/mol. The van der Waals surface area contributed by atoms with Gasteiger partial charge in [0.25, 0.3) is 11.8 Å². The molecule has 218 valence electrons. The lowest BCUT2D eigenvalue weighted by Crippen LogP contribution is -2.50. The van der Waals surface area contributed by atoms with Crippen molar-refractivity contribution in [1.29, 1.82) is 0 Å². The van der Waals surface area contributed by atoms with Crippen LogP contribution in [-0.2, 0) is 20.8 Å². The number of anilines is 1. The third-order valence-electron chi connectivity index (χ3n) is 6.73. The van der Waals surface area contributed by atoms with Crippen LogP contribution < -0.4 is 4.90 Å². The molecular weight excluding hydrogens is 538 g/mol. The van der Waals surface area contributed by atoms with E-state index in [4.69, 9.17) is 10.2 Å². The number of hydrogen-bond donors (Lipinski definition) is 2. The van der Waals surface area contributed by atoms with Gasteiger partial charge in [0.1, 0.15) is 6.04 Å². The molecule has 0 spiro atoms. The predicted molar refractivity (Wildman–Crippen MR) is 156 cm³/mol. The average Bonchev–Trinajstić information content (AvgIpc) is 3.22. The maximum atomic E-state index is 13.8. The van der Waals surface area contributed by atoms with Crippen molar-refractivity contribution in [3.05, 3.63) is 107 Å². The fraction of sp³-hybridized carbons (Fsp3) is 0.250. The van der Waals surface area contributed by atoms with Gasteiger partial charge in [0.2, 0.25) is 5.91 Å². The number of unbranched alkanes of at least 4 members (excludes halogenated alkanes) is 1. The predicted octanol–water partition coefficient (Wildman–Crippen LogP) is 4.45. The molecule has 0 aliphatic carbocycles. The molecule has 1 aromatic heterocycles. The Balaban J connectivity index is 0.000000531. The number of carbonyl (C=O) groups excluding carboxylic acids is 3. The van der Waals surface area contributed by atoms with E-state index in [1.54, 1.807) is 42.3 Å². The fourth-order valence-corrected chi connectivity index (χ4v) is 4.75. The van der Waals surface area contributed by atoms with E-state index >= 15 is 0 Å². The summed E-state index contributed by atoms with van der Waals surface area (Å²) in [6.07, 6.45) is 7.27. The van der Waals surface area contributed by atoms with Crippen LogP contribution in [0.1, 0.15) is 57.2 Å². The Morgan fingerprint density at radius 2 is 1.43 bits per heavy atom. The molecule has 10 heteroatoms. The molecule has 3 amide bonds. The molecule has 3 aromatic rings. The van der Waals surface area contributed by atoms with E-state index in [1.165, 1.54) is 0 Å². The standard InChI is InChI=1S/C28H29N3O3.C4H4O4/c1-19-10-8-11-20(2)25(19)30(17-7-6-12-22-13-9-16-29-18-22)26(32)21(3)31-27(33)23-14-4-5-15-24(23)28(31)34;5-3(6)1-2-4(7)8/h4-5,8-11,13-16,18,21H,6-7,12,17H2,1-3H3;1-2H,(H,5,6)(H,7,8)/b;2-1+.